The predicted octanol–water partition coefficient (Wildman–Crippen LogP) is 1.21. The molecule has 8 heteroatoms. The normalized spacial score (nSPS) is 13.7. The average molecular weight is 365 g/mol. The SMILES string of the molecule is CS(=O)(=O)NCCCNCc1cc(Br)c2c(c1)OCO2. The fourth-order valence-electron chi connectivity index (χ4n) is 1.83. The van der Waals surface area contributed by atoms with Crippen LogP contribution in [0.15, 0.2) is 16.6 Å². The predicted molar refractivity (Wildman–Crippen MR) is 79.4 cm³/mol. The quantitative estimate of drug-likeness (QED) is 0.711. The summed E-state index contributed by atoms with van der Waals surface area (Å²) in [6.07, 6.45) is 1.89. The average Bonchev–Trinajstić information content (AvgIpc) is 2.81. The lowest BCUT2D eigenvalue weighted by Gasteiger charge is -2.07. The summed E-state index contributed by atoms with van der Waals surface area (Å²) in [6.45, 7) is 2.11. The number of fused-ring (bicyclic) bond motifs is 1. The van der Waals surface area contributed by atoms with Crippen LogP contribution in [-0.4, -0.2) is 34.6 Å². The van der Waals surface area contributed by atoms with Gasteiger partial charge in [0.2, 0.25) is 16.8 Å². The van der Waals surface area contributed by atoms with Crippen LogP contribution in [0.25, 0.3) is 0 Å². The molecular formula is C12H17BrN2O4S. The van der Waals surface area contributed by atoms with Crippen molar-refractivity contribution in [3.05, 3.63) is 22.2 Å². The Morgan fingerprint density at radius 1 is 1.30 bits per heavy atom. The van der Waals surface area contributed by atoms with Gasteiger partial charge in [-0.3, -0.25) is 0 Å². The summed E-state index contributed by atoms with van der Waals surface area (Å²) in [5, 5.41) is 3.25. The Balaban J connectivity index is 1.74. The van der Waals surface area contributed by atoms with Crippen molar-refractivity contribution in [2.24, 2.45) is 0 Å². The zero-order chi connectivity index (χ0) is 14.6. The minimum Gasteiger partial charge on any atom is -0.454 e. The van der Waals surface area contributed by atoms with Crippen molar-refractivity contribution >= 4 is 26.0 Å². The van der Waals surface area contributed by atoms with E-state index in [4.69, 9.17) is 9.47 Å². The van der Waals surface area contributed by atoms with Gasteiger partial charge in [-0.1, -0.05) is 0 Å². The topological polar surface area (TPSA) is 76.7 Å². The molecule has 0 aromatic heterocycles. The maximum absolute atomic E-state index is 10.9. The second-order valence-corrected chi connectivity index (χ2v) is 7.20. The number of hydrogen-bond acceptors (Lipinski definition) is 5. The molecule has 1 aromatic carbocycles. The highest BCUT2D eigenvalue weighted by Crippen LogP contribution is 2.39. The number of sulfonamides is 1. The van der Waals surface area contributed by atoms with E-state index < -0.39 is 10.0 Å². The first kappa shape index (κ1) is 15.6. The van der Waals surface area contributed by atoms with Crippen molar-refractivity contribution in [2.75, 3.05) is 26.1 Å². The molecule has 0 saturated heterocycles. The summed E-state index contributed by atoms with van der Waals surface area (Å²) >= 11 is 3.44. The number of hydrogen-bond donors (Lipinski definition) is 2. The van der Waals surface area contributed by atoms with E-state index in [1.807, 2.05) is 12.1 Å². The van der Waals surface area contributed by atoms with Gasteiger partial charge in [0, 0.05) is 13.1 Å². The van der Waals surface area contributed by atoms with Crippen molar-refractivity contribution in [1.82, 2.24) is 10.0 Å². The van der Waals surface area contributed by atoms with Gasteiger partial charge in [-0.2, -0.15) is 0 Å². The van der Waals surface area contributed by atoms with E-state index in [2.05, 4.69) is 26.0 Å². The van der Waals surface area contributed by atoms with E-state index in [0.29, 0.717) is 13.1 Å². The largest absolute Gasteiger partial charge is 0.454 e. The van der Waals surface area contributed by atoms with Gasteiger partial charge in [-0.05, 0) is 46.6 Å². The number of nitrogens with one attached hydrogen (secondary N) is 2. The van der Waals surface area contributed by atoms with Crippen LogP contribution in [-0.2, 0) is 16.6 Å². The van der Waals surface area contributed by atoms with E-state index in [-0.39, 0.29) is 6.79 Å². The summed E-state index contributed by atoms with van der Waals surface area (Å²) in [7, 11) is -3.09. The smallest absolute Gasteiger partial charge is 0.231 e. The summed E-state index contributed by atoms with van der Waals surface area (Å²) in [6, 6.07) is 3.92. The number of halogens is 1. The Kier molecular flexibility index (Phi) is 5.25. The molecule has 0 amide bonds. The molecule has 112 valence electrons. The van der Waals surface area contributed by atoms with Crippen molar-refractivity contribution in [2.45, 2.75) is 13.0 Å². The zero-order valence-corrected chi connectivity index (χ0v) is 13.5. The Bertz CT molecular complexity index is 577. The summed E-state index contributed by atoms with van der Waals surface area (Å²) < 4.78 is 35.7. The minimum atomic E-state index is -3.09. The van der Waals surface area contributed by atoms with E-state index in [1.54, 1.807) is 0 Å². The van der Waals surface area contributed by atoms with Crippen LogP contribution in [0.4, 0.5) is 0 Å². The molecule has 6 nitrogen and oxygen atoms in total. The molecule has 1 aliphatic rings. The molecule has 0 aliphatic carbocycles. The molecule has 2 rings (SSSR count). The van der Waals surface area contributed by atoms with Gasteiger partial charge in [-0.15, -0.1) is 0 Å². The summed E-state index contributed by atoms with van der Waals surface area (Å²) in [5.41, 5.74) is 1.08. The number of ether oxygens (including phenoxy) is 2. The van der Waals surface area contributed by atoms with Crippen LogP contribution < -0.4 is 19.5 Å². The van der Waals surface area contributed by atoms with E-state index in [9.17, 15) is 8.42 Å². The molecule has 0 bridgehead atoms. The third kappa shape index (κ3) is 4.62. The van der Waals surface area contributed by atoms with Crippen molar-refractivity contribution in [3.8, 4) is 11.5 Å². The van der Waals surface area contributed by atoms with Gasteiger partial charge in [0.05, 0.1) is 10.7 Å². The van der Waals surface area contributed by atoms with E-state index in [0.717, 1.165) is 40.8 Å². The van der Waals surface area contributed by atoms with Crippen LogP contribution in [0.5, 0.6) is 11.5 Å². The fourth-order valence-corrected chi connectivity index (χ4v) is 2.95. The molecule has 1 aliphatic heterocycles. The van der Waals surface area contributed by atoms with E-state index in [1.165, 1.54) is 0 Å². The first-order valence-corrected chi connectivity index (χ1v) is 8.87. The molecule has 0 fully saturated rings. The Morgan fingerprint density at radius 2 is 2.10 bits per heavy atom. The van der Waals surface area contributed by atoms with Gasteiger partial charge in [-0.25, -0.2) is 13.1 Å². The molecule has 0 spiro atoms. The monoisotopic (exact) mass is 364 g/mol. The maximum Gasteiger partial charge on any atom is 0.231 e. The van der Waals surface area contributed by atoms with Gasteiger partial charge >= 0.3 is 0 Å². The molecule has 0 atom stereocenters. The second-order valence-electron chi connectivity index (χ2n) is 4.51. The van der Waals surface area contributed by atoms with Gasteiger partial charge in [0.25, 0.3) is 0 Å². The molecule has 20 heavy (non-hydrogen) atoms. The minimum absolute atomic E-state index is 0.252. The molecule has 0 unspecified atom stereocenters. The Labute approximate surface area is 127 Å². The fraction of sp³-hybridized carbons (Fsp3) is 0.500. The molecular weight excluding hydrogens is 348 g/mol. The zero-order valence-electron chi connectivity index (χ0n) is 11.1. The van der Waals surface area contributed by atoms with Crippen LogP contribution in [0.1, 0.15) is 12.0 Å². The lowest BCUT2D eigenvalue weighted by molar-refractivity contribution is 0.173. The van der Waals surface area contributed by atoms with Crippen LogP contribution in [0.3, 0.4) is 0 Å². The molecule has 1 aromatic rings. The first-order chi connectivity index (χ1) is 9.46. The third-order valence-corrected chi connectivity index (χ3v) is 4.03. The van der Waals surface area contributed by atoms with Crippen molar-refractivity contribution < 1.29 is 17.9 Å². The van der Waals surface area contributed by atoms with Gasteiger partial charge in [0.1, 0.15) is 0 Å². The van der Waals surface area contributed by atoms with E-state index >= 15 is 0 Å². The molecule has 0 saturated carbocycles. The number of rotatable bonds is 7. The van der Waals surface area contributed by atoms with Crippen molar-refractivity contribution in [3.63, 3.8) is 0 Å². The Hall–Kier alpha value is -0.830. The first-order valence-electron chi connectivity index (χ1n) is 6.19. The third-order valence-electron chi connectivity index (χ3n) is 2.71. The standard InChI is InChI=1S/C12H17BrN2O4S/c1-20(16,17)15-4-2-3-14-7-9-5-10(13)12-11(6-9)18-8-19-12/h5-6,14-15H,2-4,7-8H2,1H3. The van der Waals surface area contributed by atoms with Crippen LogP contribution in [0, 0.1) is 0 Å². The molecule has 1 heterocycles. The lowest BCUT2D eigenvalue weighted by Crippen LogP contribution is -2.26. The maximum atomic E-state index is 10.9. The molecule has 2 N–H and O–H groups in total. The van der Waals surface area contributed by atoms with Crippen LogP contribution >= 0.6 is 15.9 Å². The van der Waals surface area contributed by atoms with Crippen molar-refractivity contribution in [1.29, 1.82) is 0 Å². The number of benzene rings is 1. The Morgan fingerprint density at radius 3 is 2.85 bits per heavy atom. The van der Waals surface area contributed by atoms with Crippen LogP contribution in [0.2, 0.25) is 0 Å². The van der Waals surface area contributed by atoms with Gasteiger partial charge < -0.3 is 14.8 Å². The molecule has 0 radical (unpaired) electrons. The second kappa shape index (κ2) is 6.75. The van der Waals surface area contributed by atoms with Gasteiger partial charge in [0.15, 0.2) is 11.5 Å². The highest BCUT2D eigenvalue weighted by atomic mass is 79.9. The summed E-state index contributed by atoms with van der Waals surface area (Å²) in [5.74, 6) is 1.49. The highest BCUT2D eigenvalue weighted by Gasteiger charge is 2.17. The highest BCUT2D eigenvalue weighted by molar-refractivity contribution is 9.10. The summed E-state index contributed by atoms with van der Waals surface area (Å²) in [4.78, 5) is 0. The lowest BCUT2D eigenvalue weighted by atomic mass is 10.2.